The number of halogens is 2. The molecule has 46 heavy (non-hydrogen) atoms. The van der Waals surface area contributed by atoms with E-state index < -0.39 is 11.7 Å². The molecule has 1 aliphatic carbocycles. The molecule has 3 heterocycles. The van der Waals surface area contributed by atoms with E-state index in [1.54, 1.807) is 34.2 Å². The average molecular weight is 647 g/mol. The Bertz CT molecular complexity index is 1780. The molecule has 1 aromatic heterocycles. The molecule has 1 saturated heterocycles. The number of anilines is 1. The Balaban J connectivity index is 1.28. The van der Waals surface area contributed by atoms with Gasteiger partial charge in [0.2, 0.25) is 11.8 Å². The molecule has 12 heteroatoms. The second-order valence-electron chi connectivity index (χ2n) is 12.0. The van der Waals surface area contributed by atoms with Gasteiger partial charge in [0.05, 0.1) is 35.6 Å². The van der Waals surface area contributed by atoms with Crippen molar-refractivity contribution in [2.45, 2.75) is 44.7 Å². The number of nitrogens with one attached hydrogen (secondary N) is 3. The van der Waals surface area contributed by atoms with Gasteiger partial charge < -0.3 is 30.5 Å². The Labute approximate surface area is 271 Å². The van der Waals surface area contributed by atoms with Crippen LogP contribution in [0.15, 0.2) is 48.2 Å². The summed E-state index contributed by atoms with van der Waals surface area (Å²) in [5.41, 5.74) is 5.69. The zero-order valence-electron chi connectivity index (χ0n) is 26.2. The number of ether oxygens (including phenoxy) is 1. The van der Waals surface area contributed by atoms with Gasteiger partial charge in [0.1, 0.15) is 5.82 Å². The molecule has 4 amide bonds. The third-order valence-electron chi connectivity index (χ3n) is 8.94. The van der Waals surface area contributed by atoms with Crippen LogP contribution in [0.4, 0.5) is 14.9 Å². The molecule has 2 atom stereocenters. The molecule has 0 saturated carbocycles. The quantitative estimate of drug-likeness (QED) is 0.310. The van der Waals surface area contributed by atoms with Crippen LogP contribution in [-0.4, -0.2) is 73.0 Å². The molecule has 3 aromatic rings. The summed E-state index contributed by atoms with van der Waals surface area (Å²) in [4.78, 5) is 44.4. The lowest BCUT2D eigenvalue weighted by molar-refractivity contribution is -0.119. The number of aromatic nitrogens is 1. The maximum Gasteiger partial charge on any atom is 0.323 e. The minimum absolute atomic E-state index is 0.0418. The van der Waals surface area contributed by atoms with Crippen LogP contribution < -0.4 is 20.7 Å². The number of hydrogen-bond acceptors (Lipinski definition) is 6. The van der Waals surface area contributed by atoms with Gasteiger partial charge in [-0.25, -0.2) is 14.2 Å². The molecule has 0 unspecified atom stereocenters. The fourth-order valence-corrected chi connectivity index (χ4v) is 6.85. The highest BCUT2D eigenvalue weighted by molar-refractivity contribution is 6.36. The molecular formula is C34H36ClFN6O4. The number of likely N-dealkylation sites (N-methyl/N-ethyl adjacent to an activating group) is 1. The van der Waals surface area contributed by atoms with Crippen LogP contribution in [-0.2, 0) is 16.0 Å². The van der Waals surface area contributed by atoms with E-state index in [1.165, 1.54) is 22.1 Å². The number of methoxy groups -OCH3 is 1. The number of carbonyl (C=O) groups is 3. The predicted molar refractivity (Wildman–Crippen MR) is 174 cm³/mol. The van der Waals surface area contributed by atoms with Crippen molar-refractivity contribution in [3.05, 3.63) is 75.7 Å². The van der Waals surface area contributed by atoms with E-state index in [4.69, 9.17) is 21.3 Å². The van der Waals surface area contributed by atoms with Crippen molar-refractivity contribution < 1.29 is 23.5 Å². The highest BCUT2D eigenvalue weighted by atomic mass is 35.5. The third kappa shape index (κ3) is 5.92. The first-order chi connectivity index (χ1) is 22.0. The summed E-state index contributed by atoms with van der Waals surface area (Å²) in [6.07, 6.45) is 4.57. The van der Waals surface area contributed by atoms with E-state index in [1.807, 2.05) is 24.3 Å². The first-order valence-electron chi connectivity index (χ1n) is 15.2. The number of nitrogens with zero attached hydrogens (tertiary/aromatic N) is 3. The molecule has 10 nitrogen and oxygen atoms in total. The first kappa shape index (κ1) is 31.5. The fraction of sp³-hybridized carbons (Fsp3) is 0.353. The molecule has 3 N–H and O–H groups in total. The van der Waals surface area contributed by atoms with Gasteiger partial charge in [0, 0.05) is 62.0 Å². The van der Waals surface area contributed by atoms with Crippen LogP contribution in [0.25, 0.3) is 22.4 Å². The van der Waals surface area contributed by atoms with Gasteiger partial charge in [-0.15, -0.1) is 0 Å². The van der Waals surface area contributed by atoms with E-state index in [-0.39, 0.29) is 36.3 Å². The minimum Gasteiger partial charge on any atom is -0.481 e. The smallest absolute Gasteiger partial charge is 0.323 e. The molecule has 240 valence electrons. The lowest BCUT2D eigenvalue weighted by atomic mass is 9.95. The summed E-state index contributed by atoms with van der Waals surface area (Å²) < 4.78 is 20.9. The van der Waals surface area contributed by atoms with Crippen LogP contribution >= 0.6 is 11.6 Å². The second kappa shape index (κ2) is 12.7. The minimum atomic E-state index is -0.584. The SMILES string of the molecule is COc1nc(-c2cccc(-c3ccc(F)c(NC(=O)C4=CN(C)C(=O)N(C)C4)c3C)c2Cl)cc2c1[C@@H](NC[C@@H]1CCC(=O)N1)CC2. The Morgan fingerprint density at radius 1 is 1.13 bits per heavy atom. The second-order valence-corrected chi connectivity index (χ2v) is 12.4. The lowest BCUT2D eigenvalue weighted by Gasteiger charge is -2.29. The molecule has 2 aliphatic heterocycles. The highest BCUT2D eigenvalue weighted by Gasteiger charge is 2.31. The number of fused-ring (bicyclic) bond motifs is 1. The predicted octanol–water partition coefficient (Wildman–Crippen LogP) is 5.20. The van der Waals surface area contributed by atoms with Crippen molar-refractivity contribution in [2.24, 2.45) is 0 Å². The fourth-order valence-electron chi connectivity index (χ4n) is 6.53. The summed E-state index contributed by atoms with van der Waals surface area (Å²) >= 11 is 7.06. The zero-order chi connectivity index (χ0) is 32.7. The Kier molecular flexibility index (Phi) is 8.71. The Morgan fingerprint density at radius 3 is 2.63 bits per heavy atom. The number of aryl methyl sites for hydroxylation is 1. The number of hydrogen-bond donors (Lipinski definition) is 3. The summed E-state index contributed by atoms with van der Waals surface area (Å²) in [6, 6.07) is 10.5. The molecule has 6 rings (SSSR count). The first-order valence-corrected chi connectivity index (χ1v) is 15.6. The van der Waals surface area contributed by atoms with E-state index in [9.17, 15) is 14.4 Å². The van der Waals surface area contributed by atoms with Crippen molar-refractivity contribution in [3.8, 4) is 28.3 Å². The maximum atomic E-state index is 15.1. The molecule has 0 radical (unpaired) electrons. The van der Waals surface area contributed by atoms with E-state index in [0.717, 1.165) is 30.4 Å². The highest BCUT2D eigenvalue weighted by Crippen LogP contribution is 2.43. The van der Waals surface area contributed by atoms with Crippen molar-refractivity contribution in [2.75, 3.05) is 39.6 Å². The number of urea groups is 1. The Morgan fingerprint density at radius 2 is 1.91 bits per heavy atom. The normalized spacial score (nSPS) is 19.2. The average Bonchev–Trinajstić information content (AvgIpc) is 3.65. The summed E-state index contributed by atoms with van der Waals surface area (Å²) in [5.74, 6) is -0.465. The van der Waals surface area contributed by atoms with Gasteiger partial charge in [-0.05, 0) is 55.0 Å². The van der Waals surface area contributed by atoms with Crippen LogP contribution in [0.3, 0.4) is 0 Å². The topological polar surface area (TPSA) is 116 Å². The number of carbonyl (C=O) groups excluding carboxylic acids is 3. The molecule has 0 bridgehead atoms. The third-order valence-corrected chi connectivity index (χ3v) is 9.35. The van der Waals surface area contributed by atoms with Gasteiger partial charge in [0.25, 0.3) is 5.91 Å². The Hall–Kier alpha value is -4.48. The number of amides is 4. The molecule has 3 aliphatic rings. The van der Waals surface area contributed by atoms with Crippen molar-refractivity contribution in [1.82, 2.24) is 25.4 Å². The summed E-state index contributed by atoms with van der Waals surface area (Å²) in [5, 5.41) is 9.74. The number of pyridine rings is 1. The van der Waals surface area contributed by atoms with E-state index >= 15 is 4.39 Å². The van der Waals surface area contributed by atoms with Crippen molar-refractivity contribution in [3.63, 3.8) is 0 Å². The maximum absolute atomic E-state index is 15.1. The standard InChI is InChI=1S/C34H36ClFN6O4/c1-18-22(10-11-25(36)31(18)40-32(44)20-16-41(2)34(45)42(3)17-20)23-6-5-7-24(30(23)35)27-14-19-8-12-26(29(19)33(39-27)46-4)37-15-21-9-13-28(43)38-21/h5-7,10-11,14,16,21,26,37H,8-9,12-13,15,17H2,1-4H3,(H,38,43)(H,40,44)/t21-,26-/m0/s1. The van der Waals surface area contributed by atoms with Gasteiger partial charge in [-0.1, -0.05) is 35.9 Å². The van der Waals surface area contributed by atoms with Crippen molar-refractivity contribution in [1.29, 1.82) is 0 Å². The van der Waals surface area contributed by atoms with Gasteiger partial charge >= 0.3 is 6.03 Å². The lowest BCUT2D eigenvalue weighted by Crippen LogP contribution is -2.43. The van der Waals surface area contributed by atoms with Gasteiger partial charge in [-0.3, -0.25) is 9.59 Å². The van der Waals surface area contributed by atoms with Crippen LogP contribution in [0.1, 0.15) is 42.0 Å². The largest absolute Gasteiger partial charge is 0.481 e. The molecular weight excluding hydrogens is 611 g/mol. The molecule has 2 aromatic carbocycles. The van der Waals surface area contributed by atoms with Gasteiger partial charge in [0.15, 0.2) is 0 Å². The zero-order valence-corrected chi connectivity index (χ0v) is 26.9. The van der Waals surface area contributed by atoms with Crippen LogP contribution in [0, 0.1) is 12.7 Å². The number of rotatable bonds is 8. The monoisotopic (exact) mass is 646 g/mol. The molecule has 0 spiro atoms. The van der Waals surface area contributed by atoms with E-state index in [2.05, 4.69) is 16.0 Å². The summed E-state index contributed by atoms with van der Waals surface area (Å²) in [6.45, 7) is 2.52. The van der Waals surface area contributed by atoms with Crippen molar-refractivity contribution >= 4 is 35.1 Å². The summed E-state index contributed by atoms with van der Waals surface area (Å²) in [7, 11) is 4.76. The molecule has 1 fully saturated rings. The van der Waals surface area contributed by atoms with Crippen LogP contribution in [0.5, 0.6) is 5.88 Å². The van der Waals surface area contributed by atoms with Gasteiger partial charge in [-0.2, -0.15) is 0 Å². The number of benzene rings is 2. The van der Waals surface area contributed by atoms with E-state index in [0.29, 0.717) is 57.4 Å². The van der Waals surface area contributed by atoms with Crippen LogP contribution in [0.2, 0.25) is 5.02 Å².